The van der Waals surface area contributed by atoms with E-state index in [1.165, 1.54) is 14.2 Å². The van der Waals surface area contributed by atoms with E-state index in [1.54, 1.807) is 12.1 Å². The van der Waals surface area contributed by atoms with Crippen molar-refractivity contribution in [1.82, 2.24) is 0 Å². The molecule has 0 amide bonds. The maximum atomic E-state index is 11.5. The van der Waals surface area contributed by atoms with Gasteiger partial charge in [0.05, 0.1) is 27.4 Å². The Balaban J connectivity index is 2.75. The molecule has 0 saturated carbocycles. The SMILES string of the molecule is CCCCOC(=O)COc1c(OC)cc(CO)cc1OC. The lowest BCUT2D eigenvalue weighted by Crippen LogP contribution is -2.16. The van der Waals surface area contributed by atoms with Crippen LogP contribution >= 0.6 is 0 Å². The second kappa shape index (κ2) is 9.07. The highest BCUT2D eigenvalue weighted by atomic mass is 16.6. The van der Waals surface area contributed by atoms with Crippen LogP contribution in [0.25, 0.3) is 0 Å². The van der Waals surface area contributed by atoms with Gasteiger partial charge in [-0.15, -0.1) is 0 Å². The molecule has 0 spiro atoms. The zero-order chi connectivity index (χ0) is 15.7. The van der Waals surface area contributed by atoms with Crippen molar-refractivity contribution < 1.29 is 28.8 Å². The van der Waals surface area contributed by atoms with Crippen molar-refractivity contribution in [2.24, 2.45) is 0 Å². The molecule has 6 nitrogen and oxygen atoms in total. The maximum absolute atomic E-state index is 11.5. The summed E-state index contributed by atoms with van der Waals surface area (Å²) in [5.41, 5.74) is 0.626. The van der Waals surface area contributed by atoms with Crippen LogP contribution in [-0.4, -0.2) is 38.5 Å². The number of rotatable bonds is 9. The molecule has 0 fully saturated rings. The molecule has 1 aromatic carbocycles. The summed E-state index contributed by atoms with van der Waals surface area (Å²) in [5, 5.41) is 9.18. The molecule has 0 radical (unpaired) electrons. The first-order chi connectivity index (χ1) is 10.2. The summed E-state index contributed by atoms with van der Waals surface area (Å²) < 4.78 is 20.8. The summed E-state index contributed by atoms with van der Waals surface area (Å²) >= 11 is 0. The third-order valence-electron chi connectivity index (χ3n) is 2.80. The Morgan fingerprint density at radius 2 is 1.81 bits per heavy atom. The second-order valence-corrected chi connectivity index (χ2v) is 4.35. The van der Waals surface area contributed by atoms with E-state index in [0.29, 0.717) is 29.4 Å². The van der Waals surface area contributed by atoms with Gasteiger partial charge in [-0.05, 0) is 24.1 Å². The minimum Gasteiger partial charge on any atom is -0.493 e. The molecule has 1 rings (SSSR count). The van der Waals surface area contributed by atoms with E-state index in [1.807, 2.05) is 6.92 Å². The van der Waals surface area contributed by atoms with Crippen LogP contribution in [0.2, 0.25) is 0 Å². The molecule has 118 valence electrons. The lowest BCUT2D eigenvalue weighted by atomic mass is 10.2. The Bertz CT molecular complexity index is 432. The number of carbonyl (C=O) groups excluding carboxylic acids is 1. The number of hydrogen-bond donors (Lipinski definition) is 1. The first-order valence-corrected chi connectivity index (χ1v) is 6.80. The van der Waals surface area contributed by atoms with Crippen molar-refractivity contribution in [1.29, 1.82) is 0 Å². The molecular weight excluding hydrogens is 276 g/mol. The van der Waals surface area contributed by atoms with Gasteiger partial charge in [0.25, 0.3) is 0 Å². The van der Waals surface area contributed by atoms with E-state index in [9.17, 15) is 9.90 Å². The first kappa shape index (κ1) is 17.1. The highest BCUT2D eigenvalue weighted by Gasteiger charge is 2.16. The summed E-state index contributed by atoms with van der Waals surface area (Å²) in [6.07, 6.45) is 1.78. The van der Waals surface area contributed by atoms with Crippen molar-refractivity contribution >= 4 is 5.97 Å². The van der Waals surface area contributed by atoms with E-state index in [-0.39, 0.29) is 13.2 Å². The number of hydrogen-bond acceptors (Lipinski definition) is 6. The van der Waals surface area contributed by atoms with Crippen LogP contribution in [0.15, 0.2) is 12.1 Å². The summed E-state index contributed by atoms with van der Waals surface area (Å²) in [6.45, 7) is 2.03. The molecule has 0 aliphatic carbocycles. The van der Waals surface area contributed by atoms with Gasteiger partial charge in [0.15, 0.2) is 18.1 Å². The summed E-state index contributed by atoms with van der Waals surface area (Å²) in [7, 11) is 2.95. The Kier molecular flexibility index (Phi) is 7.39. The minimum atomic E-state index is -0.446. The predicted molar refractivity (Wildman–Crippen MR) is 76.8 cm³/mol. The number of aliphatic hydroxyl groups excluding tert-OH is 1. The highest BCUT2D eigenvalue weighted by Crippen LogP contribution is 2.38. The minimum absolute atomic E-state index is 0.147. The van der Waals surface area contributed by atoms with Crippen molar-refractivity contribution in [2.75, 3.05) is 27.4 Å². The van der Waals surface area contributed by atoms with E-state index >= 15 is 0 Å². The van der Waals surface area contributed by atoms with Crippen LogP contribution in [0.1, 0.15) is 25.3 Å². The Labute approximate surface area is 124 Å². The van der Waals surface area contributed by atoms with Crippen LogP contribution in [0, 0.1) is 0 Å². The number of ether oxygens (including phenoxy) is 4. The normalized spacial score (nSPS) is 10.1. The molecule has 21 heavy (non-hydrogen) atoms. The summed E-state index contributed by atoms with van der Waals surface area (Å²) in [4.78, 5) is 11.5. The monoisotopic (exact) mass is 298 g/mol. The number of benzene rings is 1. The zero-order valence-corrected chi connectivity index (χ0v) is 12.7. The smallest absolute Gasteiger partial charge is 0.344 e. The number of unbranched alkanes of at least 4 members (excludes halogenated alkanes) is 1. The Hall–Kier alpha value is -1.95. The van der Waals surface area contributed by atoms with E-state index in [4.69, 9.17) is 18.9 Å². The lowest BCUT2D eigenvalue weighted by molar-refractivity contribution is -0.146. The molecule has 0 atom stereocenters. The fraction of sp³-hybridized carbons (Fsp3) is 0.533. The fourth-order valence-corrected chi connectivity index (χ4v) is 1.67. The second-order valence-electron chi connectivity index (χ2n) is 4.35. The summed E-state index contributed by atoms with van der Waals surface area (Å²) in [6, 6.07) is 3.25. The van der Waals surface area contributed by atoms with Gasteiger partial charge in [0, 0.05) is 0 Å². The first-order valence-electron chi connectivity index (χ1n) is 6.80. The molecule has 0 bridgehead atoms. The van der Waals surface area contributed by atoms with E-state index in [0.717, 1.165) is 12.8 Å². The standard InChI is InChI=1S/C15H22O6/c1-4-5-6-20-14(17)10-21-15-12(18-2)7-11(9-16)8-13(15)19-3/h7-8,16H,4-6,9-10H2,1-3H3. The fourth-order valence-electron chi connectivity index (χ4n) is 1.67. The van der Waals surface area contributed by atoms with Gasteiger partial charge >= 0.3 is 5.97 Å². The van der Waals surface area contributed by atoms with Gasteiger partial charge in [0.2, 0.25) is 5.75 Å². The Morgan fingerprint density at radius 1 is 1.19 bits per heavy atom. The maximum Gasteiger partial charge on any atom is 0.344 e. The third-order valence-corrected chi connectivity index (χ3v) is 2.80. The zero-order valence-electron chi connectivity index (χ0n) is 12.7. The molecule has 0 saturated heterocycles. The molecule has 0 aliphatic heterocycles. The number of methoxy groups -OCH3 is 2. The largest absolute Gasteiger partial charge is 0.493 e. The van der Waals surface area contributed by atoms with Crippen LogP contribution in [0.5, 0.6) is 17.2 Å². The van der Waals surface area contributed by atoms with Crippen LogP contribution in [-0.2, 0) is 16.1 Å². The van der Waals surface area contributed by atoms with Crippen molar-refractivity contribution in [2.45, 2.75) is 26.4 Å². The molecule has 0 heterocycles. The topological polar surface area (TPSA) is 74.2 Å². The van der Waals surface area contributed by atoms with Gasteiger partial charge < -0.3 is 24.1 Å². The number of esters is 1. The average molecular weight is 298 g/mol. The third kappa shape index (κ3) is 5.15. The molecule has 0 aromatic heterocycles. The van der Waals surface area contributed by atoms with E-state index in [2.05, 4.69) is 0 Å². The van der Waals surface area contributed by atoms with Crippen LogP contribution in [0.3, 0.4) is 0 Å². The molecule has 1 N–H and O–H groups in total. The quantitative estimate of drug-likeness (QED) is 0.554. The molecule has 0 aliphatic rings. The molecular formula is C15H22O6. The van der Waals surface area contributed by atoms with Gasteiger partial charge in [0.1, 0.15) is 0 Å². The van der Waals surface area contributed by atoms with Gasteiger partial charge in [-0.2, -0.15) is 0 Å². The molecule has 1 aromatic rings. The highest BCUT2D eigenvalue weighted by molar-refractivity contribution is 5.71. The molecule has 0 unspecified atom stereocenters. The number of carbonyl (C=O) groups is 1. The van der Waals surface area contributed by atoms with Gasteiger partial charge in [-0.3, -0.25) is 0 Å². The molecule has 6 heteroatoms. The van der Waals surface area contributed by atoms with Crippen molar-refractivity contribution in [3.63, 3.8) is 0 Å². The van der Waals surface area contributed by atoms with Crippen LogP contribution < -0.4 is 14.2 Å². The van der Waals surface area contributed by atoms with Gasteiger partial charge in [-0.25, -0.2) is 4.79 Å². The summed E-state index contributed by atoms with van der Waals surface area (Å²) in [5.74, 6) is 0.642. The van der Waals surface area contributed by atoms with E-state index < -0.39 is 5.97 Å². The van der Waals surface area contributed by atoms with Crippen molar-refractivity contribution in [3.8, 4) is 17.2 Å². The predicted octanol–water partition coefficient (Wildman–Crippen LogP) is 1.92. The van der Waals surface area contributed by atoms with Gasteiger partial charge in [-0.1, -0.05) is 13.3 Å². The Morgan fingerprint density at radius 3 is 2.29 bits per heavy atom. The van der Waals surface area contributed by atoms with Crippen molar-refractivity contribution in [3.05, 3.63) is 17.7 Å². The average Bonchev–Trinajstić information content (AvgIpc) is 2.52. The van der Waals surface area contributed by atoms with Crippen LogP contribution in [0.4, 0.5) is 0 Å². The number of aliphatic hydroxyl groups is 1. The lowest BCUT2D eigenvalue weighted by Gasteiger charge is -2.15.